The summed E-state index contributed by atoms with van der Waals surface area (Å²) in [6.45, 7) is 0. The fraction of sp³-hybridized carbons (Fsp3) is 0. The first kappa shape index (κ1) is 8.90. The van der Waals surface area contributed by atoms with Gasteiger partial charge in [0.05, 0.1) is 11.3 Å². The molecule has 0 atom stereocenters. The van der Waals surface area contributed by atoms with Crippen LogP contribution in [-0.2, 0) is 0 Å². The molecule has 0 aromatic carbocycles. The molecule has 0 aliphatic heterocycles. The highest BCUT2D eigenvalue weighted by Crippen LogP contribution is 2.23. The molecule has 2 aromatic rings. The van der Waals surface area contributed by atoms with E-state index in [1.54, 1.807) is 12.4 Å². The van der Waals surface area contributed by atoms with Crippen LogP contribution in [0.2, 0.25) is 5.15 Å². The Kier molecular flexibility index (Phi) is 2.28. The lowest BCUT2D eigenvalue weighted by Gasteiger charge is -2.01. The molecule has 4 nitrogen and oxygen atoms in total. The van der Waals surface area contributed by atoms with Crippen molar-refractivity contribution in [1.29, 1.82) is 0 Å². The number of rotatable bonds is 1. The van der Waals surface area contributed by atoms with Crippen LogP contribution in [0.15, 0.2) is 30.6 Å². The minimum absolute atomic E-state index is 0.162. The number of hydrogen-bond donors (Lipinski definition) is 1. The molecule has 2 N–H and O–H groups in total. The van der Waals surface area contributed by atoms with Crippen molar-refractivity contribution in [2.75, 3.05) is 5.73 Å². The van der Waals surface area contributed by atoms with E-state index in [1.165, 1.54) is 0 Å². The van der Waals surface area contributed by atoms with Crippen molar-refractivity contribution in [2.24, 2.45) is 0 Å². The molecular weight excluding hydrogens is 200 g/mol. The van der Waals surface area contributed by atoms with Gasteiger partial charge < -0.3 is 5.73 Å². The number of pyridine rings is 1. The summed E-state index contributed by atoms with van der Waals surface area (Å²) in [5.74, 6) is 0.162. The second-order valence-corrected chi connectivity index (χ2v) is 3.01. The highest BCUT2D eigenvalue weighted by atomic mass is 35.5. The summed E-state index contributed by atoms with van der Waals surface area (Å²) < 4.78 is 0. The number of nitrogens with two attached hydrogens (primary N) is 1. The highest BCUT2D eigenvalue weighted by Gasteiger charge is 2.06. The summed E-state index contributed by atoms with van der Waals surface area (Å²) in [6.07, 6.45) is 3.25. The van der Waals surface area contributed by atoms with Gasteiger partial charge in [-0.05, 0) is 12.1 Å². The van der Waals surface area contributed by atoms with Gasteiger partial charge in [-0.25, -0.2) is 9.97 Å². The van der Waals surface area contributed by atoms with Gasteiger partial charge >= 0.3 is 0 Å². The summed E-state index contributed by atoms with van der Waals surface area (Å²) in [4.78, 5) is 11.8. The molecule has 14 heavy (non-hydrogen) atoms. The summed E-state index contributed by atoms with van der Waals surface area (Å²) in [5, 5.41) is 0.316. The molecule has 0 saturated heterocycles. The third kappa shape index (κ3) is 1.65. The van der Waals surface area contributed by atoms with Gasteiger partial charge in [0, 0.05) is 12.4 Å². The van der Waals surface area contributed by atoms with Crippen LogP contribution in [0, 0.1) is 0 Å². The largest absolute Gasteiger partial charge is 0.368 e. The van der Waals surface area contributed by atoms with Crippen molar-refractivity contribution in [2.45, 2.75) is 0 Å². The van der Waals surface area contributed by atoms with E-state index in [4.69, 9.17) is 17.3 Å². The van der Waals surface area contributed by atoms with Crippen LogP contribution in [0.4, 0.5) is 5.95 Å². The van der Waals surface area contributed by atoms with E-state index in [-0.39, 0.29) is 5.95 Å². The third-order valence-corrected chi connectivity index (χ3v) is 1.99. The molecule has 0 amide bonds. The van der Waals surface area contributed by atoms with E-state index in [0.29, 0.717) is 10.7 Å². The van der Waals surface area contributed by atoms with E-state index in [1.807, 2.05) is 18.2 Å². The Morgan fingerprint density at radius 1 is 1.21 bits per heavy atom. The first-order chi connectivity index (χ1) is 6.77. The van der Waals surface area contributed by atoms with Crippen LogP contribution in [0.1, 0.15) is 0 Å². The average Bonchev–Trinajstić information content (AvgIpc) is 2.19. The van der Waals surface area contributed by atoms with Gasteiger partial charge in [0.2, 0.25) is 5.95 Å². The van der Waals surface area contributed by atoms with E-state index in [0.717, 1.165) is 5.69 Å². The highest BCUT2D eigenvalue weighted by molar-refractivity contribution is 6.32. The topological polar surface area (TPSA) is 64.7 Å². The number of halogens is 1. The number of aromatic nitrogens is 3. The fourth-order valence-corrected chi connectivity index (χ4v) is 1.30. The smallest absolute Gasteiger partial charge is 0.221 e. The molecule has 2 rings (SSSR count). The maximum Gasteiger partial charge on any atom is 0.221 e. The Morgan fingerprint density at radius 2 is 2.07 bits per heavy atom. The number of anilines is 1. The van der Waals surface area contributed by atoms with Crippen molar-refractivity contribution >= 4 is 17.5 Å². The van der Waals surface area contributed by atoms with Crippen LogP contribution in [0.5, 0.6) is 0 Å². The second-order valence-electron chi connectivity index (χ2n) is 2.65. The predicted octanol–water partition coefficient (Wildman–Crippen LogP) is 1.77. The van der Waals surface area contributed by atoms with Crippen molar-refractivity contribution in [3.05, 3.63) is 35.7 Å². The molecular formula is C9H7ClN4. The summed E-state index contributed by atoms with van der Waals surface area (Å²) in [5.41, 5.74) is 6.79. The number of nitrogens with zero attached hydrogens (tertiary/aromatic N) is 3. The Morgan fingerprint density at radius 3 is 2.71 bits per heavy atom. The number of hydrogen-bond acceptors (Lipinski definition) is 4. The molecule has 2 heterocycles. The van der Waals surface area contributed by atoms with Crippen molar-refractivity contribution in [3.63, 3.8) is 0 Å². The summed E-state index contributed by atoms with van der Waals surface area (Å²) >= 11 is 5.89. The molecule has 70 valence electrons. The lowest BCUT2D eigenvalue weighted by atomic mass is 10.2. The zero-order chi connectivity index (χ0) is 9.97. The maximum atomic E-state index is 5.89. The van der Waals surface area contributed by atoms with E-state index >= 15 is 0 Å². The van der Waals surface area contributed by atoms with Gasteiger partial charge in [-0.2, -0.15) is 0 Å². The standard InChI is InChI=1S/C9H7ClN4/c10-8-6(5-13-9(11)14-8)7-3-1-2-4-12-7/h1-5H,(H2,11,13,14). The van der Waals surface area contributed by atoms with Gasteiger partial charge in [0.25, 0.3) is 0 Å². The predicted molar refractivity (Wildman–Crippen MR) is 54.7 cm³/mol. The molecule has 0 saturated carbocycles. The molecule has 0 aliphatic rings. The molecule has 0 fully saturated rings. The first-order valence-corrected chi connectivity index (χ1v) is 4.34. The summed E-state index contributed by atoms with van der Waals surface area (Å²) in [6, 6.07) is 5.53. The van der Waals surface area contributed by atoms with Crippen LogP contribution < -0.4 is 5.73 Å². The van der Waals surface area contributed by atoms with E-state index < -0.39 is 0 Å². The van der Waals surface area contributed by atoms with Crippen molar-refractivity contribution in [3.8, 4) is 11.3 Å². The van der Waals surface area contributed by atoms with Gasteiger partial charge in [-0.3, -0.25) is 4.98 Å². The van der Waals surface area contributed by atoms with Gasteiger partial charge in [0.15, 0.2) is 0 Å². The van der Waals surface area contributed by atoms with Crippen molar-refractivity contribution in [1.82, 2.24) is 15.0 Å². The second kappa shape index (κ2) is 3.59. The Hall–Kier alpha value is -1.68. The van der Waals surface area contributed by atoms with E-state index in [2.05, 4.69) is 15.0 Å². The van der Waals surface area contributed by atoms with Gasteiger partial charge in [-0.15, -0.1) is 0 Å². The normalized spacial score (nSPS) is 10.1. The van der Waals surface area contributed by atoms with Crippen molar-refractivity contribution < 1.29 is 0 Å². The maximum absolute atomic E-state index is 5.89. The van der Waals surface area contributed by atoms with Crippen LogP contribution in [0.3, 0.4) is 0 Å². The van der Waals surface area contributed by atoms with Gasteiger partial charge in [0.1, 0.15) is 5.15 Å². The molecule has 0 bridgehead atoms. The van der Waals surface area contributed by atoms with Crippen LogP contribution >= 0.6 is 11.6 Å². The quantitative estimate of drug-likeness (QED) is 0.723. The Bertz CT molecular complexity index is 444. The summed E-state index contributed by atoms with van der Waals surface area (Å²) in [7, 11) is 0. The SMILES string of the molecule is Nc1ncc(-c2ccccn2)c(Cl)n1. The zero-order valence-electron chi connectivity index (χ0n) is 7.18. The molecule has 5 heteroatoms. The van der Waals surface area contributed by atoms with Crippen LogP contribution in [-0.4, -0.2) is 15.0 Å². The third-order valence-electron chi connectivity index (χ3n) is 1.70. The van der Waals surface area contributed by atoms with Gasteiger partial charge in [-0.1, -0.05) is 17.7 Å². The average molecular weight is 207 g/mol. The number of nitrogen functional groups attached to an aromatic ring is 1. The van der Waals surface area contributed by atoms with Crippen LogP contribution in [0.25, 0.3) is 11.3 Å². The first-order valence-electron chi connectivity index (χ1n) is 3.97. The molecule has 0 radical (unpaired) electrons. The molecule has 0 aliphatic carbocycles. The minimum Gasteiger partial charge on any atom is -0.368 e. The zero-order valence-corrected chi connectivity index (χ0v) is 7.94. The Balaban J connectivity index is 2.53. The molecule has 2 aromatic heterocycles. The Labute approximate surface area is 85.8 Å². The lowest BCUT2D eigenvalue weighted by molar-refractivity contribution is 1.17. The monoisotopic (exact) mass is 206 g/mol. The lowest BCUT2D eigenvalue weighted by Crippen LogP contribution is -1.96. The van der Waals surface area contributed by atoms with E-state index in [9.17, 15) is 0 Å². The molecule has 0 spiro atoms. The molecule has 0 unspecified atom stereocenters. The fourth-order valence-electron chi connectivity index (χ4n) is 1.07. The minimum atomic E-state index is 0.162.